The molecule has 2 aromatic carbocycles. The molecule has 1 saturated heterocycles. The molecule has 1 heterocycles. The summed E-state index contributed by atoms with van der Waals surface area (Å²) in [6.07, 6.45) is 0.219. The Morgan fingerprint density at radius 1 is 1.11 bits per heavy atom. The van der Waals surface area contributed by atoms with Crippen molar-refractivity contribution in [3.8, 4) is 0 Å². The van der Waals surface area contributed by atoms with E-state index in [-0.39, 0.29) is 28.8 Å². The molecule has 1 amide bonds. The second-order valence-corrected chi connectivity index (χ2v) is 8.36. The first-order valence-corrected chi connectivity index (χ1v) is 9.72. The van der Waals surface area contributed by atoms with Gasteiger partial charge in [0.2, 0.25) is 5.91 Å². The Bertz CT molecular complexity index is 856. The van der Waals surface area contributed by atoms with E-state index in [1.54, 1.807) is 18.2 Å². The van der Waals surface area contributed by atoms with E-state index in [9.17, 15) is 13.6 Å². The SMILES string of the molecule is CC(C)C(=O)N[C@@]1(C)C[C@@H](c2ccc(F)cc2)O[C@@H](c2ccc(Cl)c(F)c2)C1. The molecule has 28 heavy (non-hydrogen) atoms. The summed E-state index contributed by atoms with van der Waals surface area (Å²) >= 11 is 5.81. The number of halogens is 3. The maximum atomic E-state index is 14.0. The summed E-state index contributed by atoms with van der Waals surface area (Å²) in [4.78, 5) is 12.4. The van der Waals surface area contributed by atoms with E-state index in [0.717, 1.165) is 5.56 Å². The fourth-order valence-corrected chi connectivity index (χ4v) is 3.64. The second kappa shape index (κ2) is 8.18. The minimum Gasteiger partial charge on any atom is -0.365 e. The van der Waals surface area contributed by atoms with E-state index in [0.29, 0.717) is 18.4 Å². The molecule has 0 unspecified atom stereocenters. The van der Waals surface area contributed by atoms with Gasteiger partial charge in [0.1, 0.15) is 11.6 Å². The molecule has 0 aliphatic carbocycles. The van der Waals surface area contributed by atoms with Crippen LogP contribution in [0.4, 0.5) is 8.78 Å². The molecule has 3 rings (SSSR count). The van der Waals surface area contributed by atoms with E-state index in [1.807, 2.05) is 20.8 Å². The number of carbonyl (C=O) groups is 1. The van der Waals surface area contributed by atoms with Gasteiger partial charge >= 0.3 is 0 Å². The van der Waals surface area contributed by atoms with Crippen LogP contribution in [0.3, 0.4) is 0 Å². The smallest absolute Gasteiger partial charge is 0.222 e. The van der Waals surface area contributed by atoms with Crippen LogP contribution < -0.4 is 5.32 Å². The molecule has 3 atom stereocenters. The molecular formula is C22H24ClF2NO2. The predicted molar refractivity (Wildman–Crippen MR) is 105 cm³/mol. The van der Waals surface area contributed by atoms with Gasteiger partial charge in [-0.15, -0.1) is 0 Å². The highest BCUT2D eigenvalue weighted by Gasteiger charge is 2.40. The number of carbonyl (C=O) groups excluding carboxylic acids is 1. The van der Waals surface area contributed by atoms with Gasteiger partial charge in [-0.3, -0.25) is 4.79 Å². The van der Waals surface area contributed by atoms with Gasteiger partial charge in [0.05, 0.1) is 17.2 Å². The molecule has 1 aliphatic heterocycles. The fraction of sp³-hybridized carbons (Fsp3) is 0.409. The van der Waals surface area contributed by atoms with Crippen molar-refractivity contribution in [1.29, 1.82) is 0 Å². The van der Waals surface area contributed by atoms with Crippen molar-refractivity contribution < 1.29 is 18.3 Å². The number of rotatable bonds is 4. The molecule has 0 radical (unpaired) electrons. The zero-order chi connectivity index (χ0) is 20.5. The molecule has 6 heteroatoms. The van der Waals surface area contributed by atoms with Crippen molar-refractivity contribution in [2.75, 3.05) is 0 Å². The summed E-state index contributed by atoms with van der Waals surface area (Å²) in [7, 11) is 0. The van der Waals surface area contributed by atoms with Gasteiger partial charge in [-0.25, -0.2) is 8.78 Å². The monoisotopic (exact) mass is 407 g/mol. The lowest BCUT2D eigenvalue weighted by atomic mass is 9.81. The largest absolute Gasteiger partial charge is 0.365 e. The average Bonchev–Trinajstić information content (AvgIpc) is 2.63. The minimum absolute atomic E-state index is 0.0468. The Hall–Kier alpha value is -1.98. The number of amides is 1. The molecular weight excluding hydrogens is 384 g/mol. The van der Waals surface area contributed by atoms with Crippen molar-refractivity contribution in [3.63, 3.8) is 0 Å². The molecule has 0 bridgehead atoms. The summed E-state index contributed by atoms with van der Waals surface area (Å²) in [5.74, 6) is -1.05. The standard InChI is InChI=1S/C22H24ClF2NO2/c1-13(2)21(27)26-22(3)11-19(14-4-7-16(24)8-5-14)28-20(12-22)15-6-9-17(23)18(25)10-15/h4-10,13,19-20H,11-12H2,1-3H3,(H,26,27)/t19-,20+,22-/m0/s1. The van der Waals surface area contributed by atoms with Crippen LogP contribution in [0.25, 0.3) is 0 Å². The predicted octanol–water partition coefficient (Wildman–Crippen LogP) is 5.74. The Balaban J connectivity index is 1.94. The van der Waals surface area contributed by atoms with Gasteiger partial charge in [0.15, 0.2) is 0 Å². The molecule has 1 aliphatic rings. The lowest BCUT2D eigenvalue weighted by Crippen LogP contribution is -2.52. The summed E-state index contributed by atoms with van der Waals surface area (Å²) < 4.78 is 33.6. The third-order valence-corrected chi connectivity index (χ3v) is 5.41. The second-order valence-electron chi connectivity index (χ2n) is 7.95. The summed E-state index contributed by atoms with van der Waals surface area (Å²) in [5, 5.41) is 3.17. The third-order valence-electron chi connectivity index (χ3n) is 5.11. The number of hydrogen-bond acceptors (Lipinski definition) is 2. The van der Waals surface area contributed by atoms with Gasteiger partial charge in [-0.2, -0.15) is 0 Å². The number of hydrogen-bond donors (Lipinski definition) is 1. The number of benzene rings is 2. The summed E-state index contributed by atoms with van der Waals surface area (Å²) in [6, 6.07) is 10.7. The molecule has 150 valence electrons. The first-order valence-electron chi connectivity index (χ1n) is 9.35. The highest BCUT2D eigenvalue weighted by Crippen LogP contribution is 2.44. The van der Waals surface area contributed by atoms with E-state index in [1.165, 1.54) is 24.3 Å². The van der Waals surface area contributed by atoms with Crippen molar-refractivity contribution in [3.05, 3.63) is 70.2 Å². The van der Waals surface area contributed by atoms with Crippen molar-refractivity contribution in [1.82, 2.24) is 5.32 Å². The molecule has 0 aromatic heterocycles. The van der Waals surface area contributed by atoms with E-state index < -0.39 is 17.5 Å². The number of ether oxygens (including phenoxy) is 1. The van der Waals surface area contributed by atoms with Crippen LogP contribution >= 0.6 is 11.6 Å². The molecule has 0 spiro atoms. The first-order chi connectivity index (χ1) is 13.2. The Labute approximate surface area is 169 Å². The third kappa shape index (κ3) is 4.70. The maximum Gasteiger partial charge on any atom is 0.222 e. The van der Waals surface area contributed by atoms with Crippen molar-refractivity contribution in [2.24, 2.45) is 5.92 Å². The highest BCUT2D eigenvalue weighted by atomic mass is 35.5. The molecule has 3 nitrogen and oxygen atoms in total. The maximum absolute atomic E-state index is 14.0. The van der Waals surface area contributed by atoms with Gasteiger partial charge in [0.25, 0.3) is 0 Å². The topological polar surface area (TPSA) is 38.3 Å². The van der Waals surface area contributed by atoms with Gasteiger partial charge in [-0.05, 0) is 42.3 Å². The van der Waals surface area contributed by atoms with E-state index in [2.05, 4.69) is 5.32 Å². The zero-order valence-electron chi connectivity index (χ0n) is 16.1. The Morgan fingerprint density at radius 3 is 2.25 bits per heavy atom. The average molecular weight is 408 g/mol. The molecule has 1 fully saturated rings. The quantitative estimate of drug-likeness (QED) is 0.701. The van der Waals surface area contributed by atoms with Crippen LogP contribution in [0.1, 0.15) is 56.9 Å². The van der Waals surface area contributed by atoms with Crippen LogP contribution in [0.5, 0.6) is 0 Å². The van der Waals surface area contributed by atoms with Crippen LogP contribution in [-0.4, -0.2) is 11.4 Å². The summed E-state index contributed by atoms with van der Waals surface area (Å²) in [6.45, 7) is 5.63. The van der Waals surface area contributed by atoms with E-state index in [4.69, 9.17) is 16.3 Å². The van der Waals surface area contributed by atoms with E-state index >= 15 is 0 Å². The Morgan fingerprint density at radius 2 is 1.68 bits per heavy atom. The van der Waals surface area contributed by atoms with Crippen molar-refractivity contribution in [2.45, 2.75) is 51.4 Å². The lowest BCUT2D eigenvalue weighted by molar-refractivity contribution is -0.131. The minimum atomic E-state index is -0.556. The normalized spacial score (nSPS) is 25.0. The lowest BCUT2D eigenvalue weighted by Gasteiger charge is -2.43. The zero-order valence-corrected chi connectivity index (χ0v) is 16.9. The van der Waals surface area contributed by atoms with Gasteiger partial charge in [0, 0.05) is 24.3 Å². The molecule has 0 saturated carbocycles. The van der Waals surface area contributed by atoms with Gasteiger partial charge < -0.3 is 10.1 Å². The Kier molecular flexibility index (Phi) is 6.06. The number of nitrogens with one attached hydrogen (secondary N) is 1. The van der Waals surface area contributed by atoms with Crippen LogP contribution in [-0.2, 0) is 9.53 Å². The van der Waals surface area contributed by atoms with Crippen LogP contribution in [0.2, 0.25) is 5.02 Å². The molecule has 2 aromatic rings. The highest BCUT2D eigenvalue weighted by molar-refractivity contribution is 6.30. The summed E-state index contributed by atoms with van der Waals surface area (Å²) in [5.41, 5.74) is 0.906. The first kappa shape index (κ1) is 20.7. The van der Waals surface area contributed by atoms with Gasteiger partial charge in [-0.1, -0.05) is 43.6 Å². The van der Waals surface area contributed by atoms with Crippen LogP contribution in [0, 0.1) is 17.6 Å². The van der Waals surface area contributed by atoms with Crippen LogP contribution in [0.15, 0.2) is 42.5 Å². The molecule has 1 N–H and O–H groups in total. The fourth-order valence-electron chi connectivity index (χ4n) is 3.52. The van der Waals surface area contributed by atoms with Crippen molar-refractivity contribution >= 4 is 17.5 Å².